The van der Waals surface area contributed by atoms with Crippen molar-refractivity contribution in [1.29, 1.82) is 0 Å². The number of carbonyl (C=O) groups is 1. The Balaban J connectivity index is 2.57. The molecule has 0 spiro atoms. The van der Waals surface area contributed by atoms with Crippen LogP contribution in [0.2, 0.25) is 0 Å². The standard InChI is InChI=1S/C10H14F3N3O2/c1-2-14-7(9(17)18)3-5-16-6-4-8(15-16)10(11,12)13/h4,6-7,14H,2-3,5H2,1H3,(H,17,18). The minimum atomic E-state index is -4.47. The van der Waals surface area contributed by atoms with Crippen LogP contribution in [0.1, 0.15) is 19.0 Å². The number of nitrogens with one attached hydrogen (secondary N) is 1. The van der Waals surface area contributed by atoms with E-state index >= 15 is 0 Å². The molecule has 0 fully saturated rings. The van der Waals surface area contributed by atoms with E-state index in [1.54, 1.807) is 6.92 Å². The number of rotatable bonds is 6. The van der Waals surface area contributed by atoms with Gasteiger partial charge in [-0.05, 0) is 19.0 Å². The maximum atomic E-state index is 12.3. The summed E-state index contributed by atoms with van der Waals surface area (Å²) in [7, 11) is 0. The second kappa shape index (κ2) is 5.85. The highest BCUT2D eigenvalue weighted by molar-refractivity contribution is 5.73. The third-order valence-corrected chi connectivity index (χ3v) is 2.33. The lowest BCUT2D eigenvalue weighted by atomic mass is 10.2. The van der Waals surface area contributed by atoms with Gasteiger partial charge < -0.3 is 10.4 Å². The average Bonchev–Trinajstić information content (AvgIpc) is 2.71. The summed E-state index contributed by atoms with van der Waals surface area (Å²) in [5.74, 6) is -1.03. The van der Waals surface area contributed by atoms with E-state index in [4.69, 9.17) is 5.11 Å². The molecule has 1 atom stereocenters. The molecule has 8 heteroatoms. The van der Waals surface area contributed by atoms with Crippen LogP contribution in [0.3, 0.4) is 0 Å². The molecule has 18 heavy (non-hydrogen) atoms. The van der Waals surface area contributed by atoms with Gasteiger partial charge in [0.05, 0.1) is 0 Å². The minimum Gasteiger partial charge on any atom is -0.480 e. The average molecular weight is 265 g/mol. The summed E-state index contributed by atoms with van der Waals surface area (Å²) >= 11 is 0. The second-order valence-electron chi connectivity index (χ2n) is 3.70. The molecule has 0 saturated heterocycles. The number of alkyl halides is 3. The number of carboxylic acids is 1. The van der Waals surface area contributed by atoms with Crippen molar-refractivity contribution < 1.29 is 23.1 Å². The molecule has 1 rings (SSSR count). The molecule has 1 unspecified atom stereocenters. The first kappa shape index (κ1) is 14.5. The summed E-state index contributed by atoms with van der Waals surface area (Å²) < 4.78 is 37.9. The Hall–Kier alpha value is -1.57. The Bertz CT molecular complexity index is 403. The molecular weight excluding hydrogens is 251 g/mol. The predicted octanol–water partition coefficient (Wildman–Crippen LogP) is 1.35. The van der Waals surface area contributed by atoms with Crippen LogP contribution in [-0.4, -0.2) is 33.4 Å². The molecule has 1 aromatic heterocycles. The van der Waals surface area contributed by atoms with Gasteiger partial charge in [0.2, 0.25) is 0 Å². The van der Waals surface area contributed by atoms with Gasteiger partial charge in [-0.25, -0.2) is 0 Å². The Morgan fingerprint density at radius 2 is 2.28 bits per heavy atom. The number of aliphatic carboxylic acids is 1. The smallest absolute Gasteiger partial charge is 0.435 e. The van der Waals surface area contributed by atoms with E-state index in [0.717, 1.165) is 10.7 Å². The van der Waals surface area contributed by atoms with Crippen molar-refractivity contribution in [3.63, 3.8) is 0 Å². The lowest BCUT2D eigenvalue weighted by molar-refractivity contribution is -0.142. The van der Waals surface area contributed by atoms with E-state index in [-0.39, 0.29) is 13.0 Å². The monoisotopic (exact) mass is 265 g/mol. The van der Waals surface area contributed by atoms with Crippen molar-refractivity contribution in [2.75, 3.05) is 6.54 Å². The number of hydrogen-bond acceptors (Lipinski definition) is 3. The predicted molar refractivity (Wildman–Crippen MR) is 56.9 cm³/mol. The van der Waals surface area contributed by atoms with Gasteiger partial charge in [-0.2, -0.15) is 18.3 Å². The quantitative estimate of drug-likeness (QED) is 0.815. The van der Waals surface area contributed by atoms with Gasteiger partial charge in [0.15, 0.2) is 5.69 Å². The molecular formula is C10H14F3N3O2. The zero-order valence-corrected chi connectivity index (χ0v) is 9.74. The number of nitrogens with zero attached hydrogens (tertiary/aromatic N) is 2. The maximum absolute atomic E-state index is 12.3. The Morgan fingerprint density at radius 1 is 1.61 bits per heavy atom. The summed E-state index contributed by atoms with van der Waals surface area (Å²) in [5.41, 5.74) is -0.974. The highest BCUT2D eigenvalue weighted by Crippen LogP contribution is 2.27. The Labute approximate surface area is 102 Å². The van der Waals surface area contributed by atoms with Gasteiger partial charge in [-0.1, -0.05) is 6.92 Å². The van der Waals surface area contributed by atoms with Crippen LogP contribution in [0.5, 0.6) is 0 Å². The maximum Gasteiger partial charge on any atom is 0.435 e. The van der Waals surface area contributed by atoms with Gasteiger partial charge >= 0.3 is 12.1 Å². The molecule has 102 valence electrons. The van der Waals surface area contributed by atoms with E-state index in [0.29, 0.717) is 6.54 Å². The summed E-state index contributed by atoms with van der Waals surface area (Å²) in [5, 5.41) is 14.9. The molecule has 0 radical (unpaired) electrons. The number of halogens is 3. The van der Waals surface area contributed by atoms with E-state index < -0.39 is 23.9 Å². The van der Waals surface area contributed by atoms with Gasteiger partial charge in [0, 0.05) is 12.7 Å². The van der Waals surface area contributed by atoms with Crippen LogP contribution in [-0.2, 0) is 17.5 Å². The molecule has 5 nitrogen and oxygen atoms in total. The second-order valence-corrected chi connectivity index (χ2v) is 3.70. The lowest BCUT2D eigenvalue weighted by Gasteiger charge is -2.12. The number of aryl methyl sites for hydroxylation is 1. The third kappa shape index (κ3) is 4.02. The van der Waals surface area contributed by atoms with Gasteiger partial charge in [-0.15, -0.1) is 0 Å². The van der Waals surface area contributed by atoms with Crippen molar-refractivity contribution in [1.82, 2.24) is 15.1 Å². The largest absolute Gasteiger partial charge is 0.480 e. The van der Waals surface area contributed by atoms with Crippen LogP contribution in [0.15, 0.2) is 12.3 Å². The van der Waals surface area contributed by atoms with Crippen LogP contribution >= 0.6 is 0 Å². The number of likely N-dealkylation sites (N-methyl/N-ethyl adjacent to an activating group) is 1. The van der Waals surface area contributed by atoms with E-state index in [1.165, 1.54) is 6.20 Å². The molecule has 0 amide bonds. The molecule has 0 saturated carbocycles. The van der Waals surface area contributed by atoms with Crippen LogP contribution in [0.4, 0.5) is 13.2 Å². The summed E-state index contributed by atoms with van der Waals surface area (Å²) in [6.45, 7) is 2.34. The van der Waals surface area contributed by atoms with Crippen molar-refractivity contribution in [3.05, 3.63) is 18.0 Å². The Morgan fingerprint density at radius 3 is 2.72 bits per heavy atom. The minimum absolute atomic E-state index is 0.111. The van der Waals surface area contributed by atoms with Crippen LogP contribution in [0, 0.1) is 0 Å². The molecule has 0 bridgehead atoms. The highest BCUT2D eigenvalue weighted by atomic mass is 19.4. The van der Waals surface area contributed by atoms with E-state index in [1.807, 2.05) is 0 Å². The van der Waals surface area contributed by atoms with Crippen molar-refractivity contribution in [3.8, 4) is 0 Å². The van der Waals surface area contributed by atoms with Crippen molar-refractivity contribution in [2.24, 2.45) is 0 Å². The fourth-order valence-corrected chi connectivity index (χ4v) is 1.46. The first-order chi connectivity index (χ1) is 8.34. The number of aromatic nitrogens is 2. The zero-order chi connectivity index (χ0) is 13.8. The van der Waals surface area contributed by atoms with E-state index in [2.05, 4.69) is 10.4 Å². The summed E-state index contributed by atoms with van der Waals surface area (Å²) in [4.78, 5) is 10.8. The lowest BCUT2D eigenvalue weighted by Crippen LogP contribution is -2.37. The van der Waals surface area contributed by atoms with Crippen molar-refractivity contribution >= 4 is 5.97 Å². The first-order valence-electron chi connectivity index (χ1n) is 5.41. The van der Waals surface area contributed by atoms with E-state index in [9.17, 15) is 18.0 Å². The normalized spacial score (nSPS) is 13.6. The van der Waals surface area contributed by atoms with Gasteiger partial charge in [-0.3, -0.25) is 9.48 Å². The van der Waals surface area contributed by atoms with Gasteiger partial charge in [0.25, 0.3) is 0 Å². The van der Waals surface area contributed by atoms with Gasteiger partial charge in [0.1, 0.15) is 6.04 Å². The first-order valence-corrected chi connectivity index (χ1v) is 5.41. The topological polar surface area (TPSA) is 67.2 Å². The fourth-order valence-electron chi connectivity index (χ4n) is 1.46. The SMILES string of the molecule is CCNC(CCn1ccc(C(F)(F)F)n1)C(=O)O. The molecule has 0 aromatic carbocycles. The molecule has 0 aliphatic rings. The van der Waals surface area contributed by atoms with Crippen molar-refractivity contribution in [2.45, 2.75) is 32.1 Å². The molecule has 1 aromatic rings. The van der Waals surface area contributed by atoms with Crippen LogP contribution < -0.4 is 5.32 Å². The number of carboxylic acid groups (broad SMARTS) is 1. The summed E-state index contributed by atoms with van der Waals surface area (Å²) in [6.07, 6.45) is -3.12. The van der Waals surface area contributed by atoms with Crippen LogP contribution in [0.25, 0.3) is 0 Å². The molecule has 0 aliphatic carbocycles. The fraction of sp³-hybridized carbons (Fsp3) is 0.600. The highest BCUT2D eigenvalue weighted by Gasteiger charge is 2.33. The zero-order valence-electron chi connectivity index (χ0n) is 9.74. The molecule has 1 heterocycles. The number of hydrogen-bond donors (Lipinski definition) is 2. The molecule has 2 N–H and O–H groups in total. The summed E-state index contributed by atoms with van der Waals surface area (Å²) in [6, 6.07) is 0.0803. The Kier molecular flexibility index (Phi) is 4.71. The third-order valence-electron chi connectivity index (χ3n) is 2.33. The molecule has 0 aliphatic heterocycles.